The maximum atomic E-state index is 12.5. The van der Waals surface area contributed by atoms with Gasteiger partial charge in [-0.2, -0.15) is 0 Å². The Morgan fingerprint density at radius 3 is 2.39 bits per heavy atom. The highest BCUT2D eigenvalue weighted by Gasteiger charge is 2.40. The highest BCUT2D eigenvalue weighted by Crippen LogP contribution is 2.28. The number of aliphatic carboxylic acids is 1. The molecule has 18 heavy (non-hydrogen) atoms. The van der Waals surface area contributed by atoms with E-state index in [2.05, 4.69) is 0 Å². The van der Waals surface area contributed by atoms with E-state index >= 15 is 0 Å². The quantitative estimate of drug-likeness (QED) is 0.791. The van der Waals surface area contributed by atoms with Crippen molar-refractivity contribution >= 4 is 23.8 Å². The standard InChI is InChI=1S/C12H20N2O3S/c1-8-4-3-5-9(2)14(8)12(17)13-7-18-6-10(13)11(15)16/h8-10H,3-7H2,1-2H3,(H,15,16)/t8-,9+,10?. The highest BCUT2D eigenvalue weighted by molar-refractivity contribution is 7.99. The zero-order valence-corrected chi connectivity index (χ0v) is 11.7. The summed E-state index contributed by atoms with van der Waals surface area (Å²) in [5.41, 5.74) is 0. The van der Waals surface area contributed by atoms with E-state index in [1.165, 1.54) is 16.7 Å². The van der Waals surface area contributed by atoms with Gasteiger partial charge >= 0.3 is 12.0 Å². The predicted molar refractivity (Wildman–Crippen MR) is 70.6 cm³/mol. The van der Waals surface area contributed by atoms with Crippen LogP contribution in [0.15, 0.2) is 0 Å². The largest absolute Gasteiger partial charge is 0.480 e. The van der Waals surface area contributed by atoms with Crippen molar-refractivity contribution in [2.75, 3.05) is 11.6 Å². The van der Waals surface area contributed by atoms with E-state index in [9.17, 15) is 9.59 Å². The third kappa shape index (κ3) is 2.43. The van der Waals surface area contributed by atoms with Crippen LogP contribution in [0.2, 0.25) is 0 Å². The van der Waals surface area contributed by atoms with Gasteiger partial charge in [0.05, 0.1) is 5.88 Å². The minimum atomic E-state index is -0.898. The van der Waals surface area contributed by atoms with Crippen molar-refractivity contribution in [1.82, 2.24) is 9.80 Å². The number of hydrogen-bond donors (Lipinski definition) is 1. The molecule has 0 spiro atoms. The van der Waals surface area contributed by atoms with Crippen LogP contribution < -0.4 is 0 Å². The Kier molecular flexibility index (Phi) is 4.04. The molecule has 2 heterocycles. The van der Waals surface area contributed by atoms with Gasteiger partial charge in [0.25, 0.3) is 0 Å². The number of likely N-dealkylation sites (tertiary alicyclic amines) is 1. The zero-order valence-electron chi connectivity index (χ0n) is 10.8. The fourth-order valence-corrected chi connectivity index (χ4v) is 3.92. The van der Waals surface area contributed by atoms with Crippen LogP contribution in [0, 0.1) is 0 Å². The molecule has 5 nitrogen and oxygen atoms in total. The van der Waals surface area contributed by atoms with E-state index in [0.717, 1.165) is 19.3 Å². The van der Waals surface area contributed by atoms with Crippen LogP contribution in [0.25, 0.3) is 0 Å². The summed E-state index contributed by atoms with van der Waals surface area (Å²) in [6.07, 6.45) is 3.16. The summed E-state index contributed by atoms with van der Waals surface area (Å²) in [4.78, 5) is 27.0. The minimum absolute atomic E-state index is 0.105. The summed E-state index contributed by atoms with van der Waals surface area (Å²) >= 11 is 1.51. The van der Waals surface area contributed by atoms with Gasteiger partial charge in [-0.15, -0.1) is 11.8 Å². The first kappa shape index (κ1) is 13.5. The van der Waals surface area contributed by atoms with Crippen molar-refractivity contribution in [1.29, 1.82) is 0 Å². The molecule has 6 heteroatoms. The topological polar surface area (TPSA) is 60.9 Å². The van der Waals surface area contributed by atoms with Crippen molar-refractivity contribution in [3.8, 4) is 0 Å². The lowest BCUT2D eigenvalue weighted by atomic mass is 9.98. The summed E-state index contributed by atoms with van der Waals surface area (Å²) in [5, 5.41) is 9.14. The number of urea groups is 1. The van der Waals surface area contributed by atoms with E-state index in [4.69, 9.17) is 5.11 Å². The van der Waals surface area contributed by atoms with Gasteiger partial charge in [0.15, 0.2) is 0 Å². The van der Waals surface area contributed by atoms with E-state index in [1.54, 1.807) is 0 Å². The van der Waals surface area contributed by atoms with E-state index in [0.29, 0.717) is 11.6 Å². The van der Waals surface area contributed by atoms with Gasteiger partial charge in [0.1, 0.15) is 6.04 Å². The average Bonchev–Trinajstić information content (AvgIpc) is 2.77. The Morgan fingerprint density at radius 2 is 1.83 bits per heavy atom. The Morgan fingerprint density at radius 1 is 1.22 bits per heavy atom. The first-order valence-corrected chi connectivity index (χ1v) is 7.57. The third-order valence-corrected chi connectivity index (χ3v) is 4.84. The predicted octanol–water partition coefficient (Wildman–Crippen LogP) is 1.83. The molecule has 0 saturated carbocycles. The van der Waals surface area contributed by atoms with Gasteiger partial charge in [-0.1, -0.05) is 0 Å². The van der Waals surface area contributed by atoms with Crippen LogP contribution >= 0.6 is 11.8 Å². The number of carbonyl (C=O) groups is 2. The molecule has 0 aliphatic carbocycles. The summed E-state index contributed by atoms with van der Waals surface area (Å²) in [6, 6.07) is -0.349. The van der Waals surface area contributed by atoms with Gasteiger partial charge in [-0.25, -0.2) is 9.59 Å². The molecule has 2 saturated heterocycles. The molecule has 2 aliphatic heterocycles. The smallest absolute Gasteiger partial charge is 0.327 e. The van der Waals surface area contributed by atoms with E-state index < -0.39 is 12.0 Å². The maximum Gasteiger partial charge on any atom is 0.327 e. The summed E-state index contributed by atoms with van der Waals surface area (Å²) in [5.74, 6) is 0.0920. The third-order valence-electron chi connectivity index (χ3n) is 3.83. The lowest BCUT2D eigenvalue weighted by molar-refractivity contribution is -0.141. The lowest BCUT2D eigenvalue weighted by Gasteiger charge is -2.41. The molecule has 0 aromatic rings. The van der Waals surface area contributed by atoms with Gasteiger partial charge in [-0.05, 0) is 33.1 Å². The number of nitrogens with zero attached hydrogens (tertiary/aromatic N) is 2. The second kappa shape index (κ2) is 5.38. The van der Waals surface area contributed by atoms with Crippen LogP contribution in [0.3, 0.4) is 0 Å². The van der Waals surface area contributed by atoms with Crippen LogP contribution in [0.1, 0.15) is 33.1 Å². The molecule has 3 atom stereocenters. The van der Waals surface area contributed by atoms with Gasteiger partial charge in [0.2, 0.25) is 0 Å². The SMILES string of the molecule is C[C@@H]1CCC[C@H](C)N1C(=O)N1CSCC1C(=O)O. The number of carbonyl (C=O) groups excluding carboxylic acids is 1. The van der Waals surface area contributed by atoms with Crippen molar-refractivity contribution < 1.29 is 14.7 Å². The second-order valence-electron chi connectivity index (χ2n) is 5.14. The van der Waals surface area contributed by atoms with Crippen molar-refractivity contribution in [3.05, 3.63) is 0 Å². The molecule has 1 N–H and O–H groups in total. The number of piperidine rings is 1. The second-order valence-corrected chi connectivity index (χ2v) is 6.14. The van der Waals surface area contributed by atoms with Crippen LogP contribution in [0.5, 0.6) is 0 Å². The Bertz CT molecular complexity index is 340. The molecule has 2 rings (SSSR count). The number of amides is 2. The fourth-order valence-electron chi connectivity index (χ4n) is 2.78. The van der Waals surface area contributed by atoms with Crippen LogP contribution in [-0.4, -0.2) is 56.7 Å². The van der Waals surface area contributed by atoms with Crippen LogP contribution in [0.4, 0.5) is 4.79 Å². The van der Waals surface area contributed by atoms with Crippen LogP contribution in [-0.2, 0) is 4.79 Å². The summed E-state index contributed by atoms with van der Waals surface area (Å²) in [7, 11) is 0. The highest BCUT2D eigenvalue weighted by atomic mass is 32.2. The van der Waals surface area contributed by atoms with Crippen molar-refractivity contribution in [2.45, 2.75) is 51.2 Å². The van der Waals surface area contributed by atoms with Gasteiger partial charge in [0, 0.05) is 17.8 Å². The summed E-state index contributed by atoms with van der Waals surface area (Å²) in [6.45, 7) is 4.10. The molecule has 102 valence electrons. The first-order chi connectivity index (χ1) is 8.52. The molecule has 0 aromatic heterocycles. The Hall–Kier alpha value is -0.910. The minimum Gasteiger partial charge on any atom is -0.480 e. The molecular formula is C12H20N2O3S. The number of carboxylic acids is 1. The number of thioether (sulfide) groups is 1. The zero-order chi connectivity index (χ0) is 13.3. The molecule has 0 aromatic carbocycles. The van der Waals surface area contributed by atoms with Crippen molar-refractivity contribution in [3.63, 3.8) is 0 Å². The van der Waals surface area contributed by atoms with Gasteiger partial charge < -0.3 is 14.9 Å². The molecule has 2 fully saturated rings. The maximum absolute atomic E-state index is 12.5. The normalized spacial score (nSPS) is 32.7. The Balaban J connectivity index is 2.12. The molecule has 0 bridgehead atoms. The number of hydrogen-bond acceptors (Lipinski definition) is 3. The van der Waals surface area contributed by atoms with E-state index in [1.807, 2.05) is 18.7 Å². The van der Waals surface area contributed by atoms with E-state index in [-0.39, 0.29) is 18.1 Å². The average molecular weight is 272 g/mol. The molecular weight excluding hydrogens is 252 g/mol. The molecule has 1 unspecified atom stereocenters. The molecule has 2 amide bonds. The number of carboxylic acid groups (broad SMARTS) is 1. The van der Waals surface area contributed by atoms with Gasteiger partial charge in [-0.3, -0.25) is 0 Å². The molecule has 2 aliphatic rings. The first-order valence-electron chi connectivity index (χ1n) is 6.42. The van der Waals surface area contributed by atoms with Crippen molar-refractivity contribution in [2.24, 2.45) is 0 Å². The lowest BCUT2D eigenvalue weighted by Crippen LogP contribution is -2.55. The number of rotatable bonds is 1. The monoisotopic (exact) mass is 272 g/mol. The Labute approximate surface area is 112 Å². The summed E-state index contributed by atoms with van der Waals surface area (Å²) < 4.78 is 0. The molecule has 0 radical (unpaired) electrons. The fraction of sp³-hybridized carbons (Fsp3) is 0.833.